The van der Waals surface area contributed by atoms with Crippen molar-refractivity contribution in [3.63, 3.8) is 0 Å². The average molecular weight is 648 g/mol. The minimum Gasteiger partial charge on any atom is -0.454 e. The van der Waals surface area contributed by atoms with Crippen LogP contribution >= 0.6 is 0 Å². The molecule has 1 fully saturated rings. The lowest BCUT2D eigenvalue weighted by Gasteiger charge is -2.45. The summed E-state index contributed by atoms with van der Waals surface area (Å²) in [4.78, 5) is 67.7. The fraction of sp³-hybridized carbons (Fsp3) is 0.146. The Labute approximate surface area is 281 Å². The van der Waals surface area contributed by atoms with Crippen LogP contribution in [-0.4, -0.2) is 36.1 Å². The van der Waals surface area contributed by atoms with E-state index in [0.29, 0.717) is 5.56 Å². The number of hydrogen-bond donors (Lipinski definition) is 0. The summed E-state index contributed by atoms with van der Waals surface area (Å²) in [5.41, 5.74) is 6.40. The van der Waals surface area contributed by atoms with E-state index >= 15 is 0 Å². The van der Waals surface area contributed by atoms with Gasteiger partial charge in [0.05, 0.1) is 28.7 Å². The van der Waals surface area contributed by atoms with E-state index in [1.165, 1.54) is 41.3 Å². The zero-order valence-corrected chi connectivity index (χ0v) is 26.4. The average Bonchev–Trinajstić information content (AvgIpc) is 3.40. The van der Waals surface area contributed by atoms with Gasteiger partial charge in [-0.15, -0.1) is 0 Å². The first-order chi connectivity index (χ1) is 23.8. The third-order valence-electron chi connectivity index (χ3n) is 9.80. The van der Waals surface area contributed by atoms with Gasteiger partial charge in [-0.25, -0.2) is 14.5 Å². The van der Waals surface area contributed by atoms with Gasteiger partial charge in [0.15, 0.2) is 12.4 Å². The summed E-state index contributed by atoms with van der Waals surface area (Å²) in [6.07, 6.45) is 0. The van der Waals surface area contributed by atoms with Crippen molar-refractivity contribution in [1.82, 2.24) is 0 Å². The lowest BCUT2D eigenvalue weighted by Crippen LogP contribution is -2.41. The number of carbonyl (C=O) groups excluding carboxylic acids is 5. The van der Waals surface area contributed by atoms with Crippen molar-refractivity contribution >= 4 is 35.2 Å². The summed E-state index contributed by atoms with van der Waals surface area (Å²) in [7, 11) is 0. The third kappa shape index (κ3) is 5.04. The normalized spacial score (nSPS) is 19.9. The number of imide groups is 1. The molecule has 1 heterocycles. The van der Waals surface area contributed by atoms with Gasteiger partial charge in [-0.05, 0) is 83.8 Å². The van der Waals surface area contributed by atoms with Crippen LogP contribution in [0.2, 0.25) is 0 Å². The molecule has 2 unspecified atom stereocenters. The molecule has 2 bridgehead atoms. The molecule has 8 heteroatoms. The number of aryl methyl sites for hydroxylation is 1. The number of amides is 2. The van der Waals surface area contributed by atoms with Crippen LogP contribution in [0.1, 0.15) is 70.7 Å². The Morgan fingerprint density at radius 3 is 1.67 bits per heavy atom. The quantitative estimate of drug-likeness (QED) is 0.0843. The van der Waals surface area contributed by atoms with Crippen molar-refractivity contribution in [1.29, 1.82) is 0 Å². The largest absolute Gasteiger partial charge is 0.454 e. The van der Waals surface area contributed by atoms with Crippen LogP contribution in [0.3, 0.4) is 0 Å². The van der Waals surface area contributed by atoms with Crippen molar-refractivity contribution in [2.75, 3.05) is 11.5 Å². The van der Waals surface area contributed by atoms with Crippen molar-refractivity contribution in [2.45, 2.75) is 18.8 Å². The number of Topliss-reactive ketones (excluding diaryl/α,β-unsaturated/α-hetero) is 1. The second-order valence-corrected chi connectivity index (χ2v) is 12.6. The molecule has 0 spiro atoms. The van der Waals surface area contributed by atoms with Gasteiger partial charge in [0.1, 0.15) is 5.75 Å². The van der Waals surface area contributed by atoms with Gasteiger partial charge in [-0.1, -0.05) is 72.3 Å². The molecule has 240 valence electrons. The van der Waals surface area contributed by atoms with Crippen LogP contribution in [0.25, 0.3) is 0 Å². The molecule has 2 amide bonds. The summed E-state index contributed by atoms with van der Waals surface area (Å²) in [5, 5.41) is 0. The van der Waals surface area contributed by atoms with E-state index in [4.69, 9.17) is 9.47 Å². The van der Waals surface area contributed by atoms with Crippen molar-refractivity contribution in [3.05, 3.63) is 166 Å². The fourth-order valence-electron chi connectivity index (χ4n) is 7.57. The number of anilines is 1. The Kier molecular flexibility index (Phi) is 7.29. The highest BCUT2D eigenvalue weighted by molar-refractivity contribution is 6.23. The number of ether oxygens (including phenoxy) is 2. The highest BCUT2D eigenvalue weighted by atomic mass is 16.5. The van der Waals surface area contributed by atoms with E-state index in [0.717, 1.165) is 27.8 Å². The number of ketones is 1. The first-order valence-electron chi connectivity index (χ1n) is 16.0. The van der Waals surface area contributed by atoms with E-state index in [-0.39, 0.29) is 46.2 Å². The second kappa shape index (κ2) is 11.8. The topological polar surface area (TPSA) is 107 Å². The summed E-state index contributed by atoms with van der Waals surface area (Å²) in [6.45, 7) is 1.39. The number of nitrogens with zero attached hydrogens (tertiary/aromatic N) is 1. The fourth-order valence-corrected chi connectivity index (χ4v) is 7.57. The summed E-state index contributed by atoms with van der Waals surface area (Å²) < 4.78 is 10.7. The number of hydrogen-bond acceptors (Lipinski definition) is 7. The molecule has 1 saturated heterocycles. The van der Waals surface area contributed by atoms with E-state index < -0.39 is 36.2 Å². The van der Waals surface area contributed by atoms with E-state index in [1.807, 2.05) is 67.6 Å². The molecule has 2 atom stereocenters. The predicted octanol–water partition coefficient (Wildman–Crippen LogP) is 6.65. The van der Waals surface area contributed by atoms with Crippen LogP contribution < -0.4 is 9.64 Å². The molecule has 5 aromatic carbocycles. The Balaban J connectivity index is 0.957. The molecule has 1 aliphatic heterocycles. The van der Waals surface area contributed by atoms with Gasteiger partial charge in [-0.2, -0.15) is 0 Å². The molecule has 3 aliphatic carbocycles. The Bertz CT molecular complexity index is 2070. The van der Waals surface area contributed by atoms with Crippen molar-refractivity contribution in [3.8, 4) is 5.75 Å². The predicted molar refractivity (Wildman–Crippen MR) is 180 cm³/mol. The molecule has 0 aromatic heterocycles. The van der Waals surface area contributed by atoms with Crippen LogP contribution in [0.15, 0.2) is 121 Å². The Morgan fingerprint density at radius 1 is 0.592 bits per heavy atom. The minimum absolute atomic E-state index is 0.105. The van der Waals surface area contributed by atoms with Crippen LogP contribution in [0.4, 0.5) is 5.69 Å². The molecular formula is C41H29NO7. The molecule has 9 rings (SSSR count). The first-order valence-corrected chi connectivity index (χ1v) is 16.0. The maximum atomic E-state index is 14.1. The zero-order valence-electron chi connectivity index (χ0n) is 26.4. The molecule has 4 aliphatic rings. The minimum atomic E-state index is -0.768. The molecule has 0 radical (unpaired) electrons. The van der Waals surface area contributed by atoms with E-state index in [1.54, 1.807) is 24.3 Å². The van der Waals surface area contributed by atoms with Gasteiger partial charge < -0.3 is 9.47 Å². The number of esters is 2. The summed E-state index contributed by atoms with van der Waals surface area (Å²) in [6, 6.07) is 35.2. The maximum absolute atomic E-state index is 14.1. The summed E-state index contributed by atoms with van der Waals surface area (Å²) in [5.74, 6) is -3.63. The molecule has 5 aromatic rings. The lowest BCUT2D eigenvalue weighted by molar-refractivity contribution is -0.122. The van der Waals surface area contributed by atoms with Crippen LogP contribution in [0.5, 0.6) is 5.75 Å². The van der Waals surface area contributed by atoms with Crippen LogP contribution in [-0.2, 0) is 14.3 Å². The smallest absolute Gasteiger partial charge is 0.343 e. The number of rotatable bonds is 7. The molecular weight excluding hydrogens is 618 g/mol. The lowest BCUT2D eigenvalue weighted by atomic mass is 9.55. The maximum Gasteiger partial charge on any atom is 0.343 e. The zero-order chi connectivity index (χ0) is 33.8. The SMILES string of the molecule is Cc1ccc(C(=O)Oc2ccc(C(=O)COC(=O)c3cccc(N4C(=O)C5C6c7ccccc7C(c7ccccc76)C5C4=O)c3)cc2)cc1. The molecule has 49 heavy (non-hydrogen) atoms. The molecule has 0 N–H and O–H groups in total. The van der Waals surface area contributed by atoms with Crippen molar-refractivity contribution in [2.24, 2.45) is 11.8 Å². The third-order valence-corrected chi connectivity index (χ3v) is 9.80. The molecule has 8 nitrogen and oxygen atoms in total. The van der Waals surface area contributed by atoms with Gasteiger partial charge >= 0.3 is 11.9 Å². The highest BCUT2D eigenvalue weighted by Crippen LogP contribution is 2.61. The van der Waals surface area contributed by atoms with Crippen LogP contribution in [0, 0.1) is 18.8 Å². The monoisotopic (exact) mass is 647 g/mol. The Morgan fingerprint density at radius 2 is 1.12 bits per heavy atom. The highest BCUT2D eigenvalue weighted by Gasteiger charge is 2.61. The Hall–Kier alpha value is -6.15. The van der Waals surface area contributed by atoms with E-state index in [9.17, 15) is 24.0 Å². The van der Waals surface area contributed by atoms with Crippen molar-refractivity contribution < 1.29 is 33.4 Å². The van der Waals surface area contributed by atoms with Gasteiger partial charge in [0.25, 0.3) is 0 Å². The van der Waals surface area contributed by atoms with E-state index in [2.05, 4.69) is 0 Å². The first kappa shape index (κ1) is 30.2. The molecule has 0 saturated carbocycles. The standard InChI is InChI=1S/C41H29NO7/c1-23-13-15-25(16-14-23)41(47)49-28-19-17-24(18-20-28)33(43)22-48-40(46)26-7-6-8-27(21-26)42-38(44)36-34-29-9-2-3-10-30(29)35(37(36)39(42)45)32-12-5-4-11-31(32)34/h2-21,34-37H,22H2,1H3. The van der Waals surface area contributed by atoms with Gasteiger partial charge in [0, 0.05) is 17.4 Å². The van der Waals surface area contributed by atoms with Gasteiger partial charge in [0.2, 0.25) is 11.8 Å². The second-order valence-electron chi connectivity index (χ2n) is 12.6. The number of carbonyl (C=O) groups is 5. The summed E-state index contributed by atoms with van der Waals surface area (Å²) >= 11 is 0. The van der Waals surface area contributed by atoms with Gasteiger partial charge in [-0.3, -0.25) is 14.4 Å². The number of benzene rings is 5.